The first-order valence-electron chi connectivity index (χ1n) is 6.49. The van der Waals surface area contributed by atoms with Gasteiger partial charge in [0, 0.05) is 17.7 Å². The van der Waals surface area contributed by atoms with Crippen LogP contribution in [-0.2, 0) is 4.74 Å². The second kappa shape index (κ2) is 5.35. The number of rotatable bonds is 4. The molecule has 0 fully saturated rings. The predicted octanol–water partition coefficient (Wildman–Crippen LogP) is 3.81. The van der Waals surface area contributed by atoms with Crippen LogP contribution in [-0.4, -0.2) is 18.4 Å². The van der Waals surface area contributed by atoms with Crippen molar-refractivity contribution in [2.45, 2.75) is 46.1 Å². The van der Waals surface area contributed by atoms with Crippen LogP contribution in [0.4, 0.5) is 0 Å². The topological polar surface area (TPSA) is 21.6 Å². The van der Waals surface area contributed by atoms with Crippen molar-refractivity contribution in [1.29, 1.82) is 0 Å². The Labute approximate surface area is 104 Å². The molecule has 2 nitrogen and oxygen atoms in total. The number of hydrogen-bond acceptors (Lipinski definition) is 2. The number of nitrogens with zero attached hydrogens (tertiary/aromatic N) is 1. The average Bonchev–Trinajstić information content (AvgIpc) is 2.54. The van der Waals surface area contributed by atoms with E-state index in [0.29, 0.717) is 6.10 Å². The molecule has 2 heteroatoms. The number of ether oxygens (including phenoxy) is 1. The summed E-state index contributed by atoms with van der Waals surface area (Å²) in [5.74, 6) is 1.10. The third-order valence-corrected chi connectivity index (χ3v) is 3.22. The molecule has 0 saturated carbocycles. The maximum atomic E-state index is 6.10. The molecule has 1 aliphatic heterocycles. The zero-order valence-corrected chi connectivity index (χ0v) is 11.0. The lowest BCUT2D eigenvalue weighted by molar-refractivity contribution is 0.119. The largest absolute Gasteiger partial charge is 0.494 e. The van der Waals surface area contributed by atoms with Gasteiger partial charge in [-0.05, 0) is 25.8 Å². The standard InChI is InChI=1S/C15H21NO/c1-4-7-11(2)17-14-9-6-5-8-13-10-16-12(3)15(13)14/h5-6,8,11H,4,7,9-10H2,1-3H3. The Bertz CT molecular complexity index is 413. The summed E-state index contributed by atoms with van der Waals surface area (Å²) >= 11 is 0. The smallest absolute Gasteiger partial charge is 0.109 e. The van der Waals surface area contributed by atoms with Crippen molar-refractivity contribution in [2.24, 2.45) is 4.99 Å². The Morgan fingerprint density at radius 1 is 1.47 bits per heavy atom. The lowest BCUT2D eigenvalue weighted by atomic mass is 10.0. The summed E-state index contributed by atoms with van der Waals surface area (Å²) in [6.07, 6.45) is 9.89. The van der Waals surface area contributed by atoms with Crippen LogP contribution < -0.4 is 0 Å². The average molecular weight is 231 g/mol. The fourth-order valence-electron chi connectivity index (χ4n) is 2.39. The van der Waals surface area contributed by atoms with Crippen LogP contribution in [0, 0.1) is 0 Å². The number of aliphatic imine (C=N–C) groups is 1. The van der Waals surface area contributed by atoms with Gasteiger partial charge in [0.1, 0.15) is 5.76 Å². The van der Waals surface area contributed by atoms with Gasteiger partial charge in [0.15, 0.2) is 0 Å². The molecule has 1 heterocycles. The van der Waals surface area contributed by atoms with Crippen molar-refractivity contribution in [3.05, 3.63) is 35.1 Å². The molecule has 17 heavy (non-hydrogen) atoms. The number of fused-ring (bicyclic) bond motifs is 1. The van der Waals surface area contributed by atoms with Gasteiger partial charge in [0.25, 0.3) is 0 Å². The van der Waals surface area contributed by atoms with Gasteiger partial charge in [-0.3, -0.25) is 4.99 Å². The van der Waals surface area contributed by atoms with Crippen molar-refractivity contribution in [1.82, 2.24) is 0 Å². The Morgan fingerprint density at radius 2 is 2.29 bits per heavy atom. The Hall–Kier alpha value is -1.31. The molecule has 92 valence electrons. The molecule has 2 aliphatic rings. The molecule has 1 aliphatic carbocycles. The first kappa shape index (κ1) is 12.2. The van der Waals surface area contributed by atoms with E-state index in [9.17, 15) is 0 Å². The lowest BCUT2D eigenvalue weighted by Crippen LogP contribution is -2.11. The van der Waals surface area contributed by atoms with Crippen molar-refractivity contribution in [3.8, 4) is 0 Å². The van der Waals surface area contributed by atoms with E-state index >= 15 is 0 Å². The fraction of sp³-hybridized carbons (Fsp3) is 0.533. The van der Waals surface area contributed by atoms with Gasteiger partial charge in [-0.1, -0.05) is 31.6 Å². The Kier molecular flexibility index (Phi) is 3.82. The summed E-state index contributed by atoms with van der Waals surface area (Å²) in [7, 11) is 0. The molecule has 0 bridgehead atoms. The minimum atomic E-state index is 0.295. The van der Waals surface area contributed by atoms with E-state index in [4.69, 9.17) is 4.74 Å². The number of allylic oxidation sites excluding steroid dienone is 3. The zero-order valence-electron chi connectivity index (χ0n) is 11.0. The van der Waals surface area contributed by atoms with E-state index < -0.39 is 0 Å². The van der Waals surface area contributed by atoms with E-state index in [1.165, 1.54) is 11.1 Å². The van der Waals surface area contributed by atoms with Crippen molar-refractivity contribution >= 4 is 5.71 Å². The van der Waals surface area contributed by atoms with Gasteiger partial charge in [-0.2, -0.15) is 0 Å². The first-order valence-corrected chi connectivity index (χ1v) is 6.49. The monoisotopic (exact) mass is 231 g/mol. The highest BCUT2D eigenvalue weighted by Gasteiger charge is 2.22. The van der Waals surface area contributed by atoms with Gasteiger partial charge < -0.3 is 4.74 Å². The van der Waals surface area contributed by atoms with Crippen LogP contribution in [0.25, 0.3) is 0 Å². The van der Waals surface area contributed by atoms with E-state index in [2.05, 4.69) is 44.0 Å². The summed E-state index contributed by atoms with van der Waals surface area (Å²) < 4.78 is 6.10. The van der Waals surface area contributed by atoms with E-state index in [1.807, 2.05) is 0 Å². The molecule has 0 aromatic heterocycles. The molecule has 0 N–H and O–H groups in total. The summed E-state index contributed by atoms with van der Waals surface area (Å²) in [5.41, 5.74) is 3.67. The van der Waals surface area contributed by atoms with Gasteiger partial charge in [0.2, 0.25) is 0 Å². The second-order valence-electron chi connectivity index (χ2n) is 4.74. The normalized spacial score (nSPS) is 20.6. The molecule has 0 spiro atoms. The minimum absolute atomic E-state index is 0.295. The van der Waals surface area contributed by atoms with Crippen LogP contribution in [0.3, 0.4) is 0 Å². The zero-order chi connectivity index (χ0) is 12.3. The predicted molar refractivity (Wildman–Crippen MR) is 72.3 cm³/mol. The molecule has 0 aromatic carbocycles. The molecular formula is C15H21NO. The second-order valence-corrected chi connectivity index (χ2v) is 4.74. The van der Waals surface area contributed by atoms with Crippen LogP contribution in [0.15, 0.2) is 40.1 Å². The number of hydrogen-bond donors (Lipinski definition) is 0. The van der Waals surface area contributed by atoms with Gasteiger partial charge in [-0.25, -0.2) is 0 Å². The highest BCUT2D eigenvalue weighted by Crippen LogP contribution is 2.29. The van der Waals surface area contributed by atoms with E-state index in [-0.39, 0.29) is 0 Å². The van der Waals surface area contributed by atoms with Crippen LogP contribution in [0.1, 0.15) is 40.0 Å². The third-order valence-electron chi connectivity index (χ3n) is 3.22. The van der Waals surface area contributed by atoms with Crippen molar-refractivity contribution < 1.29 is 4.74 Å². The van der Waals surface area contributed by atoms with Gasteiger partial charge >= 0.3 is 0 Å². The van der Waals surface area contributed by atoms with Crippen molar-refractivity contribution in [3.63, 3.8) is 0 Å². The molecule has 0 amide bonds. The summed E-state index contributed by atoms with van der Waals surface area (Å²) in [4.78, 5) is 4.50. The van der Waals surface area contributed by atoms with Crippen LogP contribution in [0.5, 0.6) is 0 Å². The lowest BCUT2D eigenvalue weighted by Gasteiger charge is -2.18. The first-order chi connectivity index (χ1) is 8.22. The molecule has 1 unspecified atom stereocenters. The fourth-order valence-corrected chi connectivity index (χ4v) is 2.39. The SMILES string of the molecule is CCCC(C)OC1=C2C(=CC=CC1)CN=C2C. The van der Waals surface area contributed by atoms with Gasteiger partial charge in [0.05, 0.1) is 12.6 Å². The highest BCUT2D eigenvalue weighted by molar-refractivity contribution is 6.05. The Balaban J connectivity index is 2.23. The summed E-state index contributed by atoms with van der Waals surface area (Å²) in [6.45, 7) is 7.23. The molecule has 2 rings (SSSR count). The molecular weight excluding hydrogens is 210 g/mol. The maximum Gasteiger partial charge on any atom is 0.109 e. The molecule has 0 saturated heterocycles. The highest BCUT2D eigenvalue weighted by atomic mass is 16.5. The minimum Gasteiger partial charge on any atom is -0.494 e. The van der Waals surface area contributed by atoms with Gasteiger partial charge in [-0.15, -0.1) is 0 Å². The maximum absolute atomic E-state index is 6.10. The summed E-state index contributed by atoms with van der Waals surface area (Å²) in [6, 6.07) is 0. The van der Waals surface area contributed by atoms with E-state index in [0.717, 1.165) is 37.3 Å². The van der Waals surface area contributed by atoms with Crippen LogP contribution in [0.2, 0.25) is 0 Å². The molecule has 1 atom stereocenters. The summed E-state index contributed by atoms with van der Waals surface area (Å²) in [5, 5.41) is 0. The van der Waals surface area contributed by atoms with Crippen molar-refractivity contribution in [2.75, 3.05) is 6.54 Å². The van der Waals surface area contributed by atoms with E-state index in [1.54, 1.807) is 0 Å². The van der Waals surface area contributed by atoms with Crippen LogP contribution >= 0.6 is 0 Å². The Morgan fingerprint density at radius 3 is 3.06 bits per heavy atom. The third kappa shape index (κ3) is 2.68. The molecule has 0 radical (unpaired) electrons. The quantitative estimate of drug-likeness (QED) is 0.721. The molecule has 0 aromatic rings.